The summed E-state index contributed by atoms with van der Waals surface area (Å²) in [6.45, 7) is 0. The highest BCUT2D eigenvalue weighted by Gasteiger charge is 1.88. The molecule has 0 aliphatic heterocycles. The summed E-state index contributed by atoms with van der Waals surface area (Å²) in [7, 11) is 0. The van der Waals surface area contributed by atoms with Gasteiger partial charge >= 0.3 is 0 Å². The fourth-order valence-corrected chi connectivity index (χ4v) is 3.46. The molecule has 3 heteroatoms. The van der Waals surface area contributed by atoms with Crippen LogP contribution in [0.1, 0.15) is 11.1 Å². The van der Waals surface area contributed by atoms with E-state index >= 15 is 0 Å². The summed E-state index contributed by atoms with van der Waals surface area (Å²) in [4.78, 5) is 0. The first-order valence-electron chi connectivity index (χ1n) is 6.87. The minimum absolute atomic E-state index is 1.02. The molecular formula is C20H13Br2I. The third-order valence-electron chi connectivity index (χ3n) is 2.74. The zero-order valence-electron chi connectivity index (χ0n) is 12.1. The van der Waals surface area contributed by atoms with Crippen molar-refractivity contribution in [1.82, 2.24) is 0 Å². The van der Waals surface area contributed by atoms with Gasteiger partial charge in [-0.1, -0.05) is 74.0 Å². The molecule has 0 unspecified atom stereocenters. The van der Waals surface area contributed by atoms with E-state index in [-0.39, 0.29) is 0 Å². The van der Waals surface area contributed by atoms with Gasteiger partial charge in [0.1, 0.15) is 0 Å². The Morgan fingerprint density at radius 2 is 1.17 bits per heavy atom. The number of benzene rings is 3. The Balaban J connectivity index is 0.000000203. The van der Waals surface area contributed by atoms with Crippen molar-refractivity contribution in [2.24, 2.45) is 0 Å². The largest absolute Gasteiger partial charge is 0.0622 e. The van der Waals surface area contributed by atoms with E-state index in [1.807, 2.05) is 66.7 Å². The first kappa shape index (κ1) is 18.3. The third-order valence-corrected chi connectivity index (χ3v) is 4.39. The minimum atomic E-state index is 1.02. The molecule has 0 bridgehead atoms. The van der Waals surface area contributed by atoms with Gasteiger partial charge in [0.05, 0.1) is 0 Å². The molecule has 0 heterocycles. The van der Waals surface area contributed by atoms with Crippen molar-refractivity contribution in [3.63, 3.8) is 0 Å². The second kappa shape index (κ2) is 9.92. The van der Waals surface area contributed by atoms with Crippen molar-refractivity contribution in [2.45, 2.75) is 0 Å². The lowest BCUT2D eigenvalue weighted by Crippen LogP contribution is -1.75. The molecule has 3 aromatic rings. The van der Waals surface area contributed by atoms with Crippen molar-refractivity contribution in [3.05, 3.63) is 103 Å². The van der Waals surface area contributed by atoms with Crippen LogP contribution in [0.3, 0.4) is 0 Å². The molecule has 0 saturated carbocycles. The molecular weight excluding hydrogens is 527 g/mol. The van der Waals surface area contributed by atoms with Gasteiger partial charge in [-0.05, 0) is 71.1 Å². The van der Waals surface area contributed by atoms with Crippen molar-refractivity contribution in [1.29, 1.82) is 0 Å². The first-order chi connectivity index (χ1) is 11.1. The molecule has 0 atom stereocenters. The van der Waals surface area contributed by atoms with Gasteiger partial charge in [-0.15, -0.1) is 0 Å². The van der Waals surface area contributed by atoms with E-state index in [0.717, 1.165) is 20.1 Å². The van der Waals surface area contributed by atoms with E-state index in [2.05, 4.69) is 78.4 Å². The second-order valence-corrected chi connectivity index (χ2v) is 7.64. The maximum atomic E-state index is 3.42. The molecule has 0 aromatic heterocycles. The normalized spacial score (nSPS) is 9.17. The van der Waals surface area contributed by atoms with Gasteiger partial charge in [0.15, 0.2) is 0 Å². The van der Waals surface area contributed by atoms with E-state index in [1.165, 1.54) is 3.57 Å². The van der Waals surface area contributed by atoms with Crippen LogP contribution in [-0.2, 0) is 0 Å². The van der Waals surface area contributed by atoms with Gasteiger partial charge in [0.25, 0.3) is 0 Å². The van der Waals surface area contributed by atoms with Crippen molar-refractivity contribution >= 4 is 54.5 Å². The lowest BCUT2D eigenvalue weighted by Gasteiger charge is -1.91. The molecule has 0 nitrogen and oxygen atoms in total. The maximum absolute atomic E-state index is 3.42. The number of hydrogen-bond donors (Lipinski definition) is 0. The molecule has 114 valence electrons. The Kier molecular flexibility index (Phi) is 7.87. The van der Waals surface area contributed by atoms with Crippen molar-refractivity contribution < 1.29 is 0 Å². The number of rotatable bonds is 0. The Morgan fingerprint density at radius 3 is 1.74 bits per heavy atom. The van der Waals surface area contributed by atoms with Crippen LogP contribution < -0.4 is 0 Å². The average molecular weight is 540 g/mol. The van der Waals surface area contributed by atoms with Gasteiger partial charge in [0, 0.05) is 23.6 Å². The molecule has 0 fully saturated rings. The van der Waals surface area contributed by atoms with E-state index in [1.54, 1.807) is 0 Å². The van der Waals surface area contributed by atoms with Crippen LogP contribution in [0.15, 0.2) is 87.8 Å². The molecule has 23 heavy (non-hydrogen) atoms. The summed E-state index contributed by atoms with van der Waals surface area (Å²) in [6.07, 6.45) is 0. The van der Waals surface area contributed by atoms with E-state index < -0.39 is 0 Å². The predicted molar refractivity (Wildman–Crippen MR) is 113 cm³/mol. The van der Waals surface area contributed by atoms with E-state index in [9.17, 15) is 0 Å². The molecule has 0 spiro atoms. The summed E-state index contributed by atoms with van der Waals surface area (Å²) < 4.78 is 3.46. The Labute approximate surface area is 167 Å². The molecule has 0 aliphatic carbocycles. The van der Waals surface area contributed by atoms with Gasteiger partial charge in [0.2, 0.25) is 0 Å². The van der Waals surface area contributed by atoms with Crippen LogP contribution in [0.25, 0.3) is 0 Å². The standard InChI is InChI=1S/C14H9Br.C6H4BrI/c15-14-8-4-7-13(11-14)10-9-12-5-2-1-3-6-12;7-5-2-1-3-6(8)4-5/h1-8,11H;1-4H. The van der Waals surface area contributed by atoms with Crippen LogP contribution in [0.5, 0.6) is 0 Å². The van der Waals surface area contributed by atoms with Gasteiger partial charge in [-0.2, -0.15) is 0 Å². The maximum Gasteiger partial charge on any atom is 0.0260 e. The highest BCUT2D eigenvalue weighted by atomic mass is 127. The molecule has 3 aromatic carbocycles. The van der Waals surface area contributed by atoms with E-state index in [4.69, 9.17) is 0 Å². The van der Waals surface area contributed by atoms with Crippen LogP contribution in [0, 0.1) is 15.4 Å². The van der Waals surface area contributed by atoms with Gasteiger partial charge < -0.3 is 0 Å². The summed E-state index contributed by atoms with van der Waals surface area (Å²) in [5, 5.41) is 0. The first-order valence-corrected chi connectivity index (χ1v) is 9.54. The smallest absolute Gasteiger partial charge is 0.0260 e. The average Bonchev–Trinajstić information content (AvgIpc) is 2.54. The molecule has 3 rings (SSSR count). The number of halogens is 3. The summed E-state index contributed by atoms with van der Waals surface area (Å²) >= 11 is 9.05. The van der Waals surface area contributed by atoms with E-state index in [0.29, 0.717) is 0 Å². The van der Waals surface area contributed by atoms with Gasteiger partial charge in [-0.25, -0.2) is 0 Å². The molecule has 0 N–H and O–H groups in total. The molecule has 0 radical (unpaired) electrons. The lowest BCUT2D eigenvalue weighted by atomic mass is 10.2. The quantitative estimate of drug-likeness (QED) is 0.215. The van der Waals surface area contributed by atoms with Crippen LogP contribution in [0.2, 0.25) is 0 Å². The van der Waals surface area contributed by atoms with Gasteiger partial charge in [-0.3, -0.25) is 0 Å². The minimum Gasteiger partial charge on any atom is -0.0622 e. The molecule has 0 amide bonds. The van der Waals surface area contributed by atoms with Crippen LogP contribution in [-0.4, -0.2) is 0 Å². The van der Waals surface area contributed by atoms with Crippen LogP contribution >= 0.6 is 54.5 Å². The fraction of sp³-hybridized carbons (Fsp3) is 0. The molecule has 0 saturated heterocycles. The molecule has 0 aliphatic rings. The summed E-state index contributed by atoms with van der Waals surface area (Å²) in [5.41, 5.74) is 2.06. The zero-order valence-corrected chi connectivity index (χ0v) is 17.5. The highest BCUT2D eigenvalue weighted by Crippen LogP contribution is 2.12. The number of hydrogen-bond acceptors (Lipinski definition) is 0. The topological polar surface area (TPSA) is 0 Å². The van der Waals surface area contributed by atoms with Crippen molar-refractivity contribution in [3.8, 4) is 11.8 Å². The third kappa shape index (κ3) is 7.34. The SMILES string of the molecule is Brc1cccc(C#Cc2ccccc2)c1.Brc1cccc(I)c1. The second-order valence-electron chi connectivity index (χ2n) is 4.57. The summed E-state index contributed by atoms with van der Waals surface area (Å²) in [6, 6.07) is 26.1. The summed E-state index contributed by atoms with van der Waals surface area (Å²) in [5.74, 6) is 6.24. The van der Waals surface area contributed by atoms with Crippen molar-refractivity contribution in [2.75, 3.05) is 0 Å². The lowest BCUT2D eigenvalue weighted by molar-refractivity contribution is 1.59. The Morgan fingerprint density at radius 1 is 0.609 bits per heavy atom. The Hall–Kier alpha value is -1.09. The monoisotopic (exact) mass is 538 g/mol. The predicted octanol–water partition coefficient (Wildman–Crippen LogP) is 6.90. The highest BCUT2D eigenvalue weighted by molar-refractivity contribution is 14.1. The Bertz CT molecular complexity index is 800. The zero-order chi connectivity index (χ0) is 16.5. The van der Waals surface area contributed by atoms with Crippen LogP contribution in [0.4, 0.5) is 0 Å². The fourth-order valence-electron chi connectivity index (χ4n) is 1.69.